The van der Waals surface area contributed by atoms with E-state index in [-0.39, 0.29) is 24.0 Å². The van der Waals surface area contributed by atoms with Gasteiger partial charge in [-0.1, -0.05) is 6.92 Å². The maximum Gasteiger partial charge on any atom is 0.191 e. The van der Waals surface area contributed by atoms with E-state index < -0.39 is 0 Å². The largest absolute Gasteiger partial charge is 0.357 e. The molecule has 0 aromatic heterocycles. The van der Waals surface area contributed by atoms with Gasteiger partial charge in [0.25, 0.3) is 0 Å². The van der Waals surface area contributed by atoms with E-state index in [0.29, 0.717) is 18.0 Å². The van der Waals surface area contributed by atoms with E-state index in [0.717, 1.165) is 31.5 Å². The number of nitrogens with zero attached hydrogens (tertiary/aromatic N) is 3. The highest BCUT2D eigenvalue weighted by Gasteiger charge is 2.31. The Kier molecular flexibility index (Phi) is 9.89. The van der Waals surface area contributed by atoms with Crippen molar-refractivity contribution in [2.45, 2.75) is 52.6 Å². The summed E-state index contributed by atoms with van der Waals surface area (Å²) in [5.41, 5.74) is 0. The average molecular weight is 451 g/mol. The molecule has 24 heavy (non-hydrogen) atoms. The van der Waals surface area contributed by atoms with Gasteiger partial charge in [0.05, 0.1) is 0 Å². The lowest BCUT2D eigenvalue weighted by atomic mass is 9.97. The minimum atomic E-state index is 0. The van der Waals surface area contributed by atoms with Gasteiger partial charge in [-0.15, -0.1) is 24.0 Å². The lowest BCUT2D eigenvalue weighted by Crippen LogP contribution is -2.47. The molecule has 2 heterocycles. The van der Waals surface area contributed by atoms with Gasteiger partial charge < -0.3 is 15.5 Å². The highest BCUT2D eigenvalue weighted by Crippen LogP contribution is 2.19. The molecule has 0 aromatic rings. The Morgan fingerprint density at radius 3 is 2.42 bits per heavy atom. The van der Waals surface area contributed by atoms with Gasteiger partial charge in [0.2, 0.25) is 0 Å². The molecule has 0 aromatic carbocycles. The van der Waals surface area contributed by atoms with Crippen molar-refractivity contribution in [1.29, 1.82) is 0 Å². The first-order chi connectivity index (χ1) is 11.0. The molecular weight excluding hydrogens is 413 g/mol. The van der Waals surface area contributed by atoms with Crippen LogP contribution in [0.15, 0.2) is 4.99 Å². The Hall–Kier alpha value is -0.0800. The van der Waals surface area contributed by atoms with E-state index in [1.807, 2.05) is 0 Å². The summed E-state index contributed by atoms with van der Waals surface area (Å²) in [6.07, 6.45) is 2.56. The van der Waals surface area contributed by atoms with Crippen LogP contribution in [0.4, 0.5) is 0 Å². The van der Waals surface area contributed by atoms with E-state index in [1.54, 1.807) is 0 Å². The highest BCUT2D eigenvalue weighted by molar-refractivity contribution is 14.0. The van der Waals surface area contributed by atoms with E-state index in [1.165, 1.54) is 32.5 Å². The normalized spacial score (nSPS) is 27.3. The molecule has 2 aliphatic rings. The topological polar surface area (TPSA) is 42.9 Å². The molecule has 0 radical (unpaired) electrons. The Morgan fingerprint density at radius 1 is 1.21 bits per heavy atom. The van der Waals surface area contributed by atoms with E-state index in [4.69, 9.17) is 4.99 Å². The fourth-order valence-electron chi connectivity index (χ4n) is 3.57. The van der Waals surface area contributed by atoms with Crippen LogP contribution in [0.2, 0.25) is 0 Å². The first-order valence-electron chi connectivity index (χ1n) is 9.47. The Balaban J connectivity index is 0.00000288. The molecule has 142 valence electrons. The molecule has 2 unspecified atom stereocenters. The number of hydrogen-bond donors (Lipinski definition) is 2. The molecule has 6 heteroatoms. The molecule has 0 aliphatic carbocycles. The predicted molar refractivity (Wildman–Crippen MR) is 114 cm³/mol. The fraction of sp³-hybridized carbons (Fsp3) is 0.944. The van der Waals surface area contributed by atoms with Gasteiger partial charge >= 0.3 is 0 Å². The van der Waals surface area contributed by atoms with Crippen molar-refractivity contribution in [1.82, 2.24) is 20.4 Å². The minimum Gasteiger partial charge on any atom is -0.357 e. The molecule has 5 nitrogen and oxygen atoms in total. The zero-order valence-corrected chi connectivity index (χ0v) is 18.5. The molecule has 2 rings (SSSR count). The van der Waals surface area contributed by atoms with Crippen LogP contribution in [0.3, 0.4) is 0 Å². The quantitative estimate of drug-likeness (QED) is 0.382. The van der Waals surface area contributed by atoms with Crippen molar-refractivity contribution >= 4 is 29.9 Å². The van der Waals surface area contributed by atoms with E-state index >= 15 is 0 Å². The second-order valence-corrected chi connectivity index (χ2v) is 7.74. The summed E-state index contributed by atoms with van der Waals surface area (Å²) in [5.74, 6) is 2.42. The van der Waals surface area contributed by atoms with Gasteiger partial charge in [-0.05, 0) is 65.6 Å². The highest BCUT2D eigenvalue weighted by atomic mass is 127. The fourth-order valence-corrected chi connectivity index (χ4v) is 3.57. The Bertz CT molecular complexity index is 380. The first kappa shape index (κ1) is 22.0. The number of halogens is 1. The molecule has 2 aliphatic heterocycles. The zero-order chi connectivity index (χ0) is 16.8. The molecule has 2 saturated heterocycles. The van der Waals surface area contributed by atoms with Crippen LogP contribution in [0.5, 0.6) is 0 Å². The smallest absolute Gasteiger partial charge is 0.191 e. The maximum atomic E-state index is 4.89. The minimum absolute atomic E-state index is 0. The lowest BCUT2D eigenvalue weighted by molar-refractivity contribution is 0.223. The van der Waals surface area contributed by atoms with Gasteiger partial charge in [-0.3, -0.25) is 9.89 Å². The van der Waals surface area contributed by atoms with Crippen molar-refractivity contribution in [2.24, 2.45) is 16.8 Å². The molecule has 2 N–H and O–H groups in total. The number of aliphatic imine (C=N–C) groups is 1. The van der Waals surface area contributed by atoms with Crippen LogP contribution in [0.25, 0.3) is 0 Å². The second-order valence-electron chi connectivity index (χ2n) is 7.74. The van der Waals surface area contributed by atoms with Crippen molar-refractivity contribution in [3.8, 4) is 0 Å². The summed E-state index contributed by atoms with van der Waals surface area (Å²) in [4.78, 5) is 9.87. The number of guanidine groups is 1. The van der Waals surface area contributed by atoms with Gasteiger partial charge in [0.1, 0.15) is 0 Å². The third-order valence-corrected chi connectivity index (χ3v) is 5.38. The van der Waals surface area contributed by atoms with Crippen LogP contribution in [-0.4, -0.2) is 74.2 Å². The molecule has 2 atom stereocenters. The van der Waals surface area contributed by atoms with E-state index in [2.05, 4.69) is 55.2 Å². The monoisotopic (exact) mass is 451 g/mol. The summed E-state index contributed by atoms with van der Waals surface area (Å²) >= 11 is 0. The number of hydrogen-bond acceptors (Lipinski definition) is 3. The number of nitrogens with one attached hydrogen (secondary N) is 2. The number of rotatable bonds is 5. The van der Waals surface area contributed by atoms with Crippen LogP contribution >= 0.6 is 24.0 Å². The van der Waals surface area contributed by atoms with E-state index in [9.17, 15) is 0 Å². The summed E-state index contributed by atoms with van der Waals surface area (Å²) in [7, 11) is 2.22. The molecule has 2 fully saturated rings. The van der Waals surface area contributed by atoms with Crippen molar-refractivity contribution in [2.75, 3.05) is 46.3 Å². The van der Waals surface area contributed by atoms with Gasteiger partial charge in [-0.25, -0.2) is 0 Å². The average Bonchev–Trinajstić information content (AvgIpc) is 2.88. The number of piperidine rings is 1. The summed E-state index contributed by atoms with van der Waals surface area (Å²) < 4.78 is 0. The summed E-state index contributed by atoms with van der Waals surface area (Å²) in [5, 5.41) is 7.12. The zero-order valence-electron chi connectivity index (χ0n) is 16.2. The van der Waals surface area contributed by atoms with Gasteiger partial charge in [0, 0.05) is 38.3 Å². The third kappa shape index (κ3) is 6.67. The van der Waals surface area contributed by atoms with Crippen molar-refractivity contribution < 1.29 is 0 Å². The summed E-state index contributed by atoms with van der Waals surface area (Å²) in [6, 6.07) is 1.13. The predicted octanol–water partition coefficient (Wildman–Crippen LogP) is 2.23. The molecule has 0 spiro atoms. The third-order valence-electron chi connectivity index (χ3n) is 5.38. The Morgan fingerprint density at radius 2 is 1.88 bits per heavy atom. The van der Waals surface area contributed by atoms with Crippen molar-refractivity contribution in [3.05, 3.63) is 0 Å². The molecule has 0 bridgehead atoms. The van der Waals surface area contributed by atoms with Gasteiger partial charge in [-0.2, -0.15) is 0 Å². The second kappa shape index (κ2) is 10.8. The summed E-state index contributed by atoms with van der Waals surface area (Å²) in [6.45, 7) is 15.7. The molecule has 0 amide bonds. The molecular formula is C18H38IN5. The van der Waals surface area contributed by atoms with Crippen LogP contribution < -0.4 is 10.6 Å². The first-order valence-corrected chi connectivity index (χ1v) is 9.47. The lowest BCUT2D eigenvalue weighted by Gasteiger charge is -2.28. The van der Waals surface area contributed by atoms with Crippen LogP contribution in [0, 0.1) is 11.8 Å². The Labute approximate surface area is 166 Å². The standard InChI is InChI=1S/C18H37N5.HI/c1-6-19-18(20-11-16-7-9-22(5)10-8-16)21-17-13-23(14(2)3)12-15(17)4;/h14-17H,6-13H2,1-5H3,(H2,19,20,21);1H. The van der Waals surface area contributed by atoms with Crippen molar-refractivity contribution in [3.63, 3.8) is 0 Å². The van der Waals surface area contributed by atoms with Gasteiger partial charge in [0.15, 0.2) is 5.96 Å². The number of likely N-dealkylation sites (tertiary alicyclic amines) is 2. The maximum absolute atomic E-state index is 4.89. The SMILES string of the molecule is CCNC(=NCC1CCN(C)CC1)NC1CN(C(C)C)CC1C.I. The van der Waals surface area contributed by atoms with Crippen LogP contribution in [-0.2, 0) is 0 Å². The van der Waals surface area contributed by atoms with Crippen LogP contribution in [0.1, 0.15) is 40.5 Å². The molecule has 0 saturated carbocycles.